The minimum atomic E-state index is -0.520. The highest BCUT2D eigenvalue weighted by atomic mass is 19.1. The second-order valence-corrected chi connectivity index (χ2v) is 2.72. The summed E-state index contributed by atoms with van der Waals surface area (Å²) in [7, 11) is 0. The Morgan fingerprint density at radius 1 is 1.43 bits per heavy atom. The van der Waals surface area contributed by atoms with Crippen molar-refractivity contribution < 1.29 is 4.39 Å². The number of hydrogen-bond donors (Lipinski definition) is 0. The molecule has 2 aromatic rings. The van der Waals surface area contributed by atoms with Crippen molar-refractivity contribution >= 4 is 0 Å². The van der Waals surface area contributed by atoms with Crippen LogP contribution in [0.5, 0.6) is 0 Å². The summed E-state index contributed by atoms with van der Waals surface area (Å²) in [4.78, 5) is 3.81. The molecular formula is C10H6FN3. The van der Waals surface area contributed by atoms with Crippen LogP contribution in [-0.2, 0) is 0 Å². The van der Waals surface area contributed by atoms with E-state index in [2.05, 4.69) is 4.98 Å². The standard InChI is InChI=1S/C10H6FN3/c11-10-8(6-12)2-1-3-9(10)14-5-4-13-7-14/h1-5,7H. The van der Waals surface area contributed by atoms with E-state index in [1.165, 1.54) is 17.0 Å². The van der Waals surface area contributed by atoms with E-state index in [1.807, 2.05) is 0 Å². The summed E-state index contributed by atoms with van der Waals surface area (Å²) in [5, 5.41) is 8.63. The number of halogens is 1. The highest BCUT2D eigenvalue weighted by molar-refractivity contribution is 5.43. The molecule has 3 nitrogen and oxygen atoms in total. The predicted octanol–water partition coefficient (Wildman–Crippen LogP) is 1.88. The van der Waals surface area contributed by atoms with Gasteiger partial charge in [0.2, 0.25) is 0 Å². The molecular weight excluding hydrogens is 181 g/mol. The van der Waals surface area contributed by atoms with Gasteiger partial charge < -0.3 is 4.57 Å². The number of benzene rings is 1. The predicted molar refractivity (Wildman–Crippen MR) is 48.2 cm³/mol. The molecule has 68 valence electrons. The molecule has 0 radical (unpaired) electrons. The fourth-order valence-corrected chi connectivity index (χ4v) is 1.21. The van der Waals surface area contributed by atoms with E-state index in [4.69, 9.17) is 5.26 Å². The quantitative estimate of drug-likeness (QED) is 0.684. The molecule has 0 saturated carbocycles. The van der Waals surface area contributed by atoms with E-state index >= 15 is 0 Å². The van der Waals surface area contributed by atoms with Gasteiger partial charge >= 0.3 is 0 Å². The highest BCUT2D eigenvalue weighted by Crippen LogP contribution is 2.15. The first kappa shape index (κ1) is 8.45. The van der Waals surface area contributed by atoms with Crippen molar-refractivity contribution in [3.8, 4) is 11.8 Å². The van der Waals surface area contributed by atoms with Gasteiger partial charge in [-0.1, -0.05) is 6.07 Å². The molecule has 0 saturated heterocycles. The van der Waals surface area contributed by atoms with Gasteiger partial charge in [-0.15, -0.1) is 0 Å². The van der Waals surface area contributed by atoms with Crippen LogP contribution in [0.25, 0.3) is 5.69 Å². The third-order valence-electron chi connectivity index (χ3n) is 1.88. The Labute approximate surface area is 80.1 Å². The minimum Gasteiger partial charge on any atom is -0.303 e. The van der Waals surface area contributed by atoms with Crippen LogP contribution in [0.3, 0.4) is 0 Å². The van der Waals surface area contributed by atoms with Gasteiger partial charge in [-0.2, -0.15) is 5.26 Å². The van der Waals surface area contributed by atoms with Crippen LogP contribution in [0.15, 0.2) is 36.9 Å². The Hall–Kier alpha value is -2.15. The van der Waals surface area contributed by atoms with Crippen LogP contribution >= 0.6 is 0 Å². The first-order chi connectivity index (χ1) is 6.83. The summed E-state index contributed by atoms with van der Waals surface area (Å²) in [6.07, 6.45) is 4.66. The summed E-state index contributed by atoms with van der Waals surface area (Å²) < 4.78 is 15.1. The molecule has 0 spiro atoms. The lowest BCUT2D eigenvalue weighted by molar-refractivity contribution is 0.614. The Kier molecular flexibility index (Phi) is 1.99. The molecule has 0 aliphatic carbocycles. The molecule has 1 aromatic carbocycles. The molecule has 0 aliphatic rings. The Balaban J connectivity index is 2.61. The van der Waals surface area contributed by atoms with E-state index in [9.17, 15) is 4.39 Å². The maximum atomic E-state index is 13.6. The number of rotatable bonds is 1. The van der Waals surface area contributed by atoms with Crippen LogP contribution in [0.1, 0.15) is 5.56 Å². The van der Waals surface area contributed by atoms with Gasteiger partial charge in [-0.25, -0.2) is 9.37 Å². The molecule has 14 heavy (non-hydrogen) atoms. The number of nitriles is 1. The van der Waals surface area contributed by atoms with Crippen molar-refractivity contribution in [2.75, 3.05) is 0 Å². The minimum absolute atomic E-state index is 0.0381. The summed E-state index contributed by atoms with van der Waals surface area (Å²) in [5.41, 5.74) is 0.373. The molecule has 0 unspecified atom stereocenters. The van der Waals surface area contributed by atoms with Crippen molar-refractivity contribution in [1.29, 1.82) is 5.26 Å². The molecule has 0 atom stereocenters. The van der Waals surface area contributed by atoms with Crippen molar-refractivity contribution in [1.82, 2.24) is 9.55 Å². The Morgan fingerprint density at radius 3 is 2.93 bits per heavy atom. The lowest BCUT2D eigenvalue weighted by Crippen LogP contribution is -1.96. The van der Waals surface area contributed by atoms with E-state index < -0.39 is 5.82 Å². The van der Waals surface area contributed by atoms with Gasteiger partial charge in [0.05, 0.1) is 17.6 Å². The second-order valence-electron chi connectivity index (χ2n) is 2.72. The fourth-order valence-electron chi connectivity index (χ4n) is 1.21. The Bertz CT molecular complexity index is 483. The van der Waals surface area contributed by atoms with Gasteiger partial charge in [-0.05, 0) is 12.1 Å². The van der Waals surface area contributed by atoms with Crippen molar-refractivity contribution in [2.24, 2.45) is 0 Å². The molecule has 1 heterocycles. The van der Waals surface area contributed by atoms with Gasteiger partial charge in [0.15, 0.2) is 5.82 Å². The average Bonchev–Trinajstić information content (AvgIpc) is 2.71. The summed E-state index contributed by atoms with van der Waals surface area (Å²) >= 11 is 0. The molecule has 0 amide bonds. The van der Waals surface area contributed by atoms with Gasteiger partial charge in [0, 0.05) is 12.4 Å². The summed E-state index contributed by atoms with van der Waals surface area (Å²) in [6, 6.07) is 6.46. The van der Waals surface area contributed by atoms with Crippen LogP contribution in [0.2, 0.25) is 0 Å². The summed E-state index contributed by atoms with van der Waals surface area (Å²) in [5.74, 6) is -0.520. The first-order valence-corrected chi connectivity index (χ1v) is 4.00. The maximum absolute atomic E-state index is 13.6. The average molecular weight is 187 g/mol. The van der Waals surface area contributed by atoms with Crippen LogP contribution in [0.4, 0.5) is 4.39 Å². The van der Waals surface area contributed by atoms with Crippen LogP contribution in [0, 0.1) is 17.1 Å². The highest BCUT2D eigenvalue weighted by Gasteiger charge is 2.07. The van der Waals surface area contributed by atoms with Crippen molar-refractivity contribution in [3.63, 3.8) is 0 Å². The monoisotopic (exact) mass is 187 g/mol. The lowest BCUT2D eigenvalue weighted by Gasteiger charge is -2.03. The van der Waals surface area contributed by atoms with Crippen molar-refractivity contribution in [2.45, 2.75) is 0 Å². The topological polar surface area (TPSA) is 41.6 Å². The number of aromatic nitrogens is 2. The van der Waals surface area contributed by atoms with Crippen LogP contribution in [-0.4, -0.2) is 9.55 Å². The molecule has 0 fully saturated rings. The number of nitrogens with zero attached hydrogens (tertiary/aromatic N) is 3. The van der Waals surface area contributed by atoms with E-state index in [0.29, 0.717) is 5.69 Å². The summed E-state index contributed by atoms with van der Waals surface area (Å²) in [6.45, 7) is 0. The largest absolute Gasteiger partial charge is 0.303 e. The zero-order valence-electron chi connectivity index (χ0n) is 7.18. The zero-order chi connectivity index (χ0) is 9.97. The molecule has 0 bridgehead atoms. The maximum Gasteiger partial charge on any atom is 0.164 e. The SMILES string of the molecule is N#Cc1cccc(-n2ccnc2)c1F. The first-order valence-electron chi connectivity index (χ1n) is 4.00. The molecule has 1 aromatic heterocycles. The third-order valence-corrected chi connectivity index (χ3v) is 1.88. The van der Waals surface area contributed by atoms with Gasteiger partial charge in [0.25, 0.3) is 0 Å². The third kappa shape index (κ3) is 1.25. The van der Waals surface area contributed by atoms with E-state index in [-0.39, 0.29) is 5.56 Å². The van der Waals surface area contributed by atoms with Gasteiger partial charge in [0.1, 0.15) is 6.07 Å². The normalized spacial score (nSPS) is 9.71. The van der Waals surface area contributed by atoms with E-state index in [0.717, 1.165) is 0 Å². The second kappa shape index (κ2) is 3.30. The number of hydrogen-bond acceptors (Lipinski definition) is 2. The zero-order valence-corrected chi connectivity index (χ0v) is 7.18. The molecule has 2 rings (SSSR count). The smallest absolute Gasteiger partial charge is 0.164 e. The van der Waals surface area contributed by atoms with E-state index in [1.54, 1.807) is 30.6 Å². The fraction of sp³-hybridized carbons (Fsp3) is 0. The van der Waals surface area contributed by atoms with Gasteiger partial charge in [-0.3, -0.25) is 0 Å². The molecule has 0 N–H and O–H groups in total. The van der Waals surface area contributed by atoms with Crippen LogP contribution < -0.4 is 0 Å². The Morgan fingerprint density at radius 2 is 2.29 bits per heavy atom. The van der Waals surface area contributed by atoms with Crippen molar-refractivity contribution in [3.05, 3.63) is 48.3 Å². The molecule has 4 heteroatoms. The molecule has 0 aliphatic heterocycles. The lowest BCUT2D eigenvalue weighted by atomic mass is 10.2. The number of imidazole rings is 1.